The lowest BCUT2D eigenvalue weighted by Gasteiger charge is -2.25. The summed E-state index contributed by atoms with van der Waals surface area (Å²) in [5.74, 6) is 0.679. The van der Waals surface area contributed by atoms with E-state index in [-0.39, 0.29) is 15.8 Å². The lowest BCUT2D eigenvalue weighted by Crippen LogP contribution is -2.32. The summed E-state index contributed by atoms with van der Waals surface area (Å²) < 4.78 is 45.2. The van der Waals surface area contributed by atoms with E-state index in [0.717, 1.165) is 35.7 Å². The van der Waals surface area contributed by atoms with Crippen LogP contribution in [-0.2, 0) is 16.3 Å². The number of nitrogens with one attached hydrogen (secondary N) is 1. The van der Waals surface area contributed by atoms with Crippen molar-refractivity contribution in [3.05, 3.63) is 59.6 Å². The van der Waals surface area contributed by atoms with E-state index in [2.05, 4.69) is 19.2 Å². The molecule has 3 aromatic rings. The number of halogens is 1. The number of benzene rings is 2. The summed E-state index contributed by atoms with van der Waals surface area (Å²) in [5.41, 5.74) is 1.70. The van der Waals surface area contributed by atoms with Crippen LogP contribution in [0.4, 0.5) is 4.39 Å². The molecule has 0 bridgehead atoms. The average Bonchev–Trinajstić information content (AvgIpc) is 2.99. The quantitative estimate of drug-likeness (QED) is 0.746. The molecule has 0 radical (unpaired) electrons. The van der Waals surface area contributed by atoms with Gasteiger partial charge in [-0.2, -0.15) is 0 Å². The summed E-state index contributed by atoms with van der Waals surface area (Å²) in [5, 5.41) is 4.41. The summed E-state index contributed by atoms with van der Waals surface area (Å²) in [7, 11) is -3.80. The van der Waals surface area contributed by atoms with Crippen LogP contribution in [0, 0.1) is 11.7 Å². The van der Waals surface area contributed by atoms with Crippen LogP contribution in [0.15, 0.2) is 56.7 Å². The molecule has 136 valence electrons. The molecule has 1 atom stereocenters. The predicted octanol–water partition coefficient (Wildman–Crippen LogP) is 4.25. The minimum Gasteiger partial charge on any atom is -0.459 e. The summed E-state index contributed by atoms with van der Waals surface area (Å²) >= 11 is 0. The first-order valence-electron chi connectivity index (χ1n) is 8.67. The van der Waals surface area contributed by atoms with E-state index >= 15 is 0 Å². The number of furan rings is 1. The van der Waals surface area contributed by atoms with Crippen LogP contribution >= 0.6 is 0 Å². The molecule has 2 aromatic carbocycles. The number of hydrogen-bond donors (Lipinski definition) is 1. The van der Waals surface area contributed by atoms with Crippen molar-refractivity contribution in [2.75, 3.05) is 6.54 Å². The molecular weight excluding hydrogens is 353 g/mol. The molecule has 4 rings (SSSR count). The fourth-order valence-electron chi connectivity index (χ4n) is 3.58. The zero-order chi connectivity index (χ0) is 18.5. The third kappa shape index (κ3) is 2.73. The minimum atomic E-state index is -3.80. The Morgan fingerprint density at radius 2 is 1.92 bits per heavy atom. The van der Waals surface area contributed by atoms with Crippen molar-refractivity contribution in [1.29, 1.82) is 0 Å². The Hall–Kier alpha value is -2.18. The van der Waals surface area contributed by atoms with Crippen LogP contribution in [0.3, 0.4) is 0 Å². The normalized spacial score (nSPS) is 17.6. The lowest BCUT2D eigenvalue weighted by molar-refractivity contribution is 0.333. The second-order valence-electron chi connectivity index (χ2n) is 6.99. The molecule has 2 heterocycles. The Balaban J connectivity index is 1.84. The first-order chi connectivity index (χ1) is 12.4. The zero-order valence-corrected chi connectivity index (χ0v) is 15.4. The Morgan fingerprint density at radius 3 is 2.65 bits per heavy atom. The van der Waals surface area contributed by atoms with Gasteiger partial charge >= 0.3 is 0 Å². The summed E-state index contributed by atoms with van der Waals surface area (Å²) in [6.07, 6.45) is 0.849. The Kier molecular flexibility index (Phi) is 4.12. The molecule has 0 spiro atoms. The van der Waals surface area contributed by atoms with Gasteiger partial charge in [0.15, 0.2) is 0 Å². The molecule has 26 heavy (non-hydrogen) atoms. The molecular formula is C20H20FNO3S. The van der Waals surface area contributed by atoms with Crippen molar-refractivity contribution in [1.82, 2.24) is 5.32 Å². The first kappa shape index (κ1) is 17.2. The Bertz CT molecular complexity index is 1090. The molecule has 1 aliphatic heterocycles. The molecule has 0 fully saturated rings. The van der Waals surface area contributed by atoms with Crippen molar-refractivity contribution in [2.24, 2.45) is 5.92 Å². The topological polar surface area (TPSA) is 59.3 Å². The lowest BCUT2D eigenvalue weighted by atomic mass is 9.93. The predicted molar refractivity (Wildman–Crippen MR) is 97.4 cm³/mol. The highest BCUT2D eigenvalue weighted by atomic mass is 32.2. The van der Waals surface area contributed by atoms with Crippen LogP contribution in [0.2, 0.25) is 0 Å². The van der Waals surface area contributed by atoms with Gasteiger partial charge in [0.05, 0.1) is 15.8 Å². The number of sulfone groups is 1. The van der Waals surface area contributed by atoms with Crippen molar-refractivity contribution in [2.45, 2.75) is 36.1 Å². The van der Waals surface area contributed by atoms with E-state index in [1.807, 2.05) is 0 Å². The van der Waals surface area contributed by atoms with Crippen molar-refractivity contribution in [3.63, 3.8) is 0 Å². The van der Waals surface area contributed by atoms with Gasteiger partial charge in [-0.15, -0.1) is 0 Å². The maximum atomic E-state index is 13.4. The first-order valence-corrected chi connectivity index (χ1v) is 10.2. The van der Waals surface area contributed by atoms with Crippen molar-refractivity contribution < 1.29 is 17.2 Å². The molecule has 6 heteroatoms. The maximum Gasteiger partial charge on any atom is 0.206 e. The van der Waals surface area contributed by atoms with Crippen molar-refractivity contribution >= 4 is 20.8 Å². The van der Waals surface area contributed by atoms with Gasteiger partial charge in [0.2, 0.25) is 9.84 Å². The van der Waals surface area contributed by atoms with Gasteiger partial charge in [-0.05, 0) is 42.7 Å². The van der Waals surface area contributed by atoms with E-state index in [1.54, 1.807) is 18.2 Å². The van der Waals surface area contributed by atoms with Crippen LogP contribution in [0.25, 0.3) is 11.0 Å². The molecule has 1 aromatic heterocycles. The molecule has 0 amide bonds. The summed E-state index contributed by atoms with van der Waals surface area (Å²) in [6.45, 7) is 5.12. The highest BCUT2D eigenvalue weighted by Crippen LogP contribution is 2.37. The van der Waals surface area contributed by atoms with Crippen LogP contribution < -0.4 is 5.32 Å². The highest BCUT2D eigenvalue weighted by molar-refractivity contribution is 7.91. The third-order valence-electron chi connectivity index (χ3n) is 4.90. The van der Waals surface area contributed by atoms with Gasteiger partial charge < -0.3 is 9.73 Å². The fourth-order valence-corrected chi connectivity index (χ4v) is 4.89. The molecule has 0 saturated carbocycles. The SMILES string of the molecule is CC(C)C1NCCc2c1oc1cc(S(=O)(=O)c3cccc(F)c3)ccc21. The van der Waals surface area contributed by atoms with E-state index in [9.17, 15) is 12.8 Å². The van der Waals surface area contributed by atoms with E-state index < -0.39 is 15.7 Å². The monoisotopic (exact) mass is 373 g/mol. The fraction of sp³-hybridized carbons (Fsp3) is 0.300. The van der Waals surface area contributed by atoms with Gasteiger partial charge in [-0.3, -0.25) is 0 Å². The minimum absolute atomic E-state index is 0.0603. The van der Waals surface area contributed by atoms with Crippen LogP contribution in [-0.4, -0.2) is 15.0 Å². The number of rotatable bonds is 3. The largest absolute Gasteiger partial charge is 0.459 e. The van der Waals surface area contributed by atoms with Crippen LogP contribution in [0.5, 0.6) is 0 Å². The Morgan fingerprint density at radius 1 is 1.15 bits per heavy atom. The van der Waals surface area contributed by atoms with Gasteiger partial charge in [-0.1, -0.05) is 19.9 Å². The van der Waals surface area contributed by atoms with Gasteiger partial charge in [0, 0.05) is 23.6 Å². The molecule has 1 N–H and O–H groups in total. The highest BCUT2D eigenvalue weighted by Gasteiger charge is 2.29. The van der Waals surface area contributed by atoms with E-state index in [4.69, 9.17) is 4.42 Å². The molecule has 0 saturated heterocycles. The molecule has 4 nitrogen and oxygen atoms in total. The number of fused-ring (bicyclic) bond motifs is 3. The Labute approximate surface area is 151 Å². The smallest absolute Gasteiger partial charge is 0.206 e. The van der Waals surface area contributed by atoms with Gasteiger partial charge in [0.25, 0.3) is 0 Å². The van der Waals surface area contributed by atoms with E-state index in [0.29, 0.717) is 11.5 Å². The van der Waals surface area contributed by atoms with Crippen LogP contribution in [0.1, 0.15) is 31.2 Å². The maximum absolute atomic E-state index is 13.4. The average molecular weight is 373 g/mol. The second-order valence-corrected chi connectivity index (χ2v) is 8.94. The molecule has 1 aliphatic rings. The number of hydrogen-bond acceptors (Lipinski definition) is 4. The molecule has 1 unspecified atom stereocenters. The van der Waals surface area contributed by atoms with Gasteiger partial charge in [0.1, 0.15) is 17.2 Å². The summed E-state index contributed by atoms with van der Waals surface area (Å²) in [4.78, 5) is 0.0469. The standard InChI is InChI=1S/C20H20FNO3S/c1-12(2)19-20-17(8-9-22-19)16-7-6-15(11-18(16)25-20)26(23,24)14-5-3-4-13(21)10-14/h3-7,10-12,19,22H,8-9H2,1-2H3. The van der Waals surface area contributed by atoms with Gasteiger partial charge in [-0.25, -0.2) is 12.8 Å². The third-order valence-corrected chi connectivity index (χ3v) is 6.65. The zero-order valence-electron chi connectivity index (χ0n) is 14.6. The second kappa shape index (κ2) is 6.21. The van der Waals surface area contributed by atoms with Crippen molar-refractivity contribution in [3.8, 4) is 0 Å². The van der Waals surface area contributed by atoms with E-state index in [1.165, 1.54) is 18.2 Å². The summed E-state index contributed by atoms with van der Waals surface area (Å²) in [6, 6.07) is 10.1. The molecule has 0 aliphatic carbocycles.